The van der Waals surface area contributed by atoms with E-state index in [2.05, 4.69) is 4.74 Å². The van der Waals surface area contributed by atoms with Gasteiger partial charge in [0.25, 0.3) is 0 Å². The molecular formula is C17H23NO4. The highest BCUT2D eigenvalue weighted by molar-refractivity contribution is 5.92. The Balaban J connectivity index is 2.63. The van der Waals surface area contributed by atoms with E-state index < -0.39 is 0 Å². The van der Waals surface area contributed by atoms with E-state index in [0.717, 1.165) is 17.7 Å². The van der Waals surface area contributed by atoms with Gasteiger partial charge in [-0.1, -0.05) is 25.1 Å². The second kappa shape index (κ2) is 9.60. The number of nitrogens with zero attached hydrogens (tertiary/aromatic N) is 1. The van der Waals surface area contributed by atoms with Crippen LogP contribution < -0.4 is 4.74 Å². The molecule has 0 aliphatic heterocycles. The van der Waals surface area contributed by atoms with Gasteiger partial charge in [-0.15, -0.1) is 0 Å². The maximum absolute atomic E-state index is 12.0. The van der Waals surface area contributed by atoms with Crippen LogP contribution in [0.2, 0.25) is 0 Å². The minimum absolute atomic E-state index is 0.172. The van der Waals surface area contributed by atoms with Crippen LogP contribution in [0.5, 0.6) is 5.75 Å². The number of hydrogen-bond donors (Lipinski definition) is 0. The summed E-state index contributed by atoms with van der Waals surface area (Å²) in [7, 11) is 2.98. The van der Waals surface area contributed by atoms with Crippen LogP contribution in [0.1, 0.15) is 25.3 Å². The molecule has 0 radical (unpaired) electrons. The molecule has 0 aliphatic carbocycles. The van der Waals surface area contributed by atoms with E-state index in [4.69, 9.17) is 4.74 Å². The number of likely N-dealkylation sites (N-methyl/N-ethyl adjacent to an activating group) is 1. The van der Waals surface area contributed by atoms with Crippen LogP contribution in [-0.2, 0) is 14.3 Å². The van der Waals surface area contributed by atoms with Crippen LogP contribution in [0, 0.1) is 0 Å². The quantitative estimate of drug-likeness (QED) is 0.547. The summed E-state index contributed by atoms with van der Waals surface area (Å²) in [4.78, 5) is 24.5. The standard InChI is InChI=1S/C17H23NO4/c1-4-13-22-15-8-6-5-7-14(15)9-10-16(19)18(2)12-11-17(20)21-3/h5-10H,4,11-13H2,1-3H3/b10-9+. The van der Waals surface area contributed by atoms with Gasteiger partial charge < -0.3 is 14.4 Å². The van der Waals surface area contributed by atoms with Gasteiger partial charge in [0.05, 0.1) is 20.1 Å². The molecule has 0 heterocycles. The third kappa shape index (κ3) is 5.99. The van der Waals surface area contributed by atoms with Crippen molar-refractivity contribution >= 4 is 18.0 Å². The molecule has 5 nitrogen and oxygen atoms in total. The number of carbonyl (C=O) groups excluding carboxylic acids is 2. The van der Waals surface area contributed by atoms with E-state index >= 15 is 0 Å². The molecule has 0 aliphatic rings. The highest BCUT2D eigenvalue weighted by Crippen LogP contribution is 2.19. The Morgan fingerprint density at radius 3 is 2.68 bits per heavy atom. The summed E-state index contributed by atoms with van der Waals surface area (Å²) in [5, 5.41) is 0. The molecule has 120 valence electrons. The summed E-state index contributed by atoms with van der Waals surface area (Å²) < 4.78 is 10.2. The normalized spacial score (nSPS) is 10.5. The second-order valence-corrected chi connectivity index (χ2v) is 4.81. The molecule has 1 aromatic rings. The molecule has 1 amide bonds. The van der Waals surface area contributed by atoms with Crippen molar-refractivity contribution in [1.82, 2.24) is 4.90 Å². The molecule has 0 bridgehead atoms. The summed E-state index contributed by atoms with van der Waals surface area (Å²) in [5.41, 5.74) is 0.852. The molecule has 0 fully saturated rings. The number of benzene rings is 1. The van der Waals surface area contributed by atoms with Gasteiger partial charge in [-0.05, 0) is 18.6 Å². The third-order valence-electron chi connectivity index (χ3n) is 3.04. The highest BCUT2D eigenvalue weighted by atomic mass is 16.5. The Morgan fingerprint density at radius 1 is 1.27 bits per heavy atom. The molecule has 1 rings (SSSR count). The fourth-order valence-electron chi connectivity index (χ4n) is 1.72. The number of esters is 1. The first-order chi connectivity index (χ1) is 10.6. The lowest BCUT2D eigenvalue weighted by atomic mass is 10.2. The van der Waals surface area contributed by atoms with Crippen molar-refractivity contribution in [3.05, 3.63) is 35.9 Å². The minimum atomic E-state index is -0.332. The molecule has 0 N–H and O–H groups in total. The maximum atomic E-state index is 12.0. The predicted molar refractivity (Wildman–Crippen MR) is 85.5 cm³/mol. The Kier molecular flexibility index (Phi) is 7.75. The van der Waals surface area contributed by atoms with Gasteiger partial charge in [0.15, 0.2) is 0 Å². The lowest BCUT2D eigenvalue weighted by molar-refractivity contribution is -0.141. The monoisotopic (exact) mass is 305 g/mol. The average molecular weight is 305 g/mol. The van der Waals surface area contributed by atoms with Crippen molar-refractivity contribution in [2.45, 2.75) is 19.8 Å². The summed E-state index contributed by atoms with van der Waals surface area (Å²) in [6.07, 6.45) is 4.31. The van der Waals surface area contributed by atoms with E-state index in [1.54, 1.807) is 13.1 Å². The molecule has 0 unspecified atom stereocenters. The Hall–Kier alpha value is -2.30. The number of ether oxygens (including phenoxy) is 2. The molecule has 0 spiro atoms. The highest BCUT2D eigenvalue weighted by Gasteiger charge is 2.08. The number of amides is 1. The van der Waals surface area contributed by atoms with Crippen molar-refractivity contribution in [2.75, 3.05) is 27.3 Å². The summed E-state index contributed by atoms with van der Waals surface area (Å²) in [6, 6.07) is 7.56. The van der Waals surface area contributed by atoms with Crippen LogP contribution in [0.3, 0.4) is 0 Å². The zero-order valence-corrected chi connectivity index (χ0v) is 13.4. The Bertz CT molecular complexity index is 525. The first kappa shape index (κ1) is 17.8. The van der Waals surface area contributed by atoms with Crippen molar-refractivity contribution in [3.8, 4) is 5.75 Å². The summed E-state index contributed by atoms with van der Waals surface area (Å²) >= 11 is 0. The first-order valence-corrected chi connectivity index (χ1v) is 7.30. The van der Waals surface area contributed by atoms with Gasteiger partial charge in [0.2, 0.25) is 5.91 Å². The first-order valence-electron chi connectivity index (χ1n) is 7.30. The largest absolute Gasteiger partial charge is 0.493 e. The molecule has 5 heteroatoms. The zero-order chi connectivity index (χ0) is 16.4. The van der Waals surface area contributed by atoms with E-state index in [9.17, 15) is 9.59 Å². The number of rotatable bonds is 8. The van der Waals surface area contributed by atoms with Gasteiger partial charge in [0.1, 0.15) is 5.75 Å². The van der Waals surface area contributed by atoms with E-state index in [1.165, 1.54) is 18.1 Å². The van der Waals surface area contributed by atoms with Crippen LogP contribution in [0.4, 0.5) is 0 Å². The van der Waals surface area contributed by atoms with E-state index in [0.29, 0.717) is 13.2 Å². The van der Waals surface area contributed by atoms with E-state index in [1.807, 2.05) is 31.2 Å². The number of para-hydroxylation sites is 1. The van der Waals surface area contributed by atoms with E-state index in [-0.39, 0.29) is 18.3 Å². The van der Waals surface area contributed by atoms with Gasteiger partial charge in [0, 0.05) is 25.2 Å². The number of hydrogen-bond acceptors (Lipinski definition) is 4. The van der Waals surface area contributed by atoms with Gasteiger partial charge in [-0.25, -0.2) is 0 Å². The summed E-state index contributed by atoms with van der Waals surface area (Å²) in [6.45, 7) is 3.00. The van der Waals surface area contributed by atoms with Crippen molar-refractivity contribution in [1.29, 1.82) is 0 Å². The zero-order valence-electron chi connectivity index (χ0n) is 13.4. The third-order valence-corrected chi connectivity index (χ3v) is 3.04. The molecule has 0 aromatic heterocycles. The Labute approximate surface area is 131 Å². The SMILES string of the molecule is CCCOc1ccccc1/C=C/C(=O)N(C)CCC(=O)OC. The number of carbonyl (C=O) groups is 2. The molecule has 0 saturated carbocycles. The lowest BCUT2D eigenvalue weighted by Gasteiger charge is -2.14. The Morgan fingerprint density at radius 2 is 2.00 bits per heavy atom. The fourth-order valence-corrected chi connectivity index (χ4v) is 1.72. The molecular weight excluding hydrogens is 282 g/mol. The maximum Gasteiger partial charge on any atom is 0.307 e. The molecule has 0 atom stereocenters. The van der Waals surface area contributed by atoms with Crippen molar-refractivity contribution in [2.24, 2.45) is 0 Å². The van der Waals surface area contributed by atoms with Gasteiger partial charge >= 0.3 is 5.97 Å². The molecule has 22 heavy (non-hydrogen) atoms. The molecule has 0 saturated heterocycles. The van der Waals surface area contributed by atoms with Crippen molar-refractivity contribution < 1.29 is 19.1 Å². The van der Waals surface area contributed by atoms with Crippen LogP contribution in [0.15, 0.2) is 30.3 Å². The lowest BCUT2D eigenvalue weighted by Crippen LogP contribution is -2.27. The predicted octanol–water partition coefficient (Wildman–Crippen LogP) is 2.51. The smallest absolute Gasteiger partial charge is 0.307 e. The minimum Gasteiger partial charge on any atom is -0.493 e. The second-order valence-electron chi connectivity index (χ2n) is 4.81. The van der Waals surface area contributed by atoms with Gasteiger partial charge in [-0.3, -0.25) is 9.59 Å². The van der Waals surface area contributed by atoms with Gasteiger partial charge in [-0.2, -0.15) is 0 Å². The summed E-state index contributed by atoms with van der Waals surface area (Å²) in [5.74, 6) is 0.252. The van der Waals surface area contributed by atoms with Crippen molar-refractivity contribution in [3.63, 3.8) is 0 Å². The fraction of sp³-hybridized carbons (Fsp3) is 0.412. The average Bonchev–Trinajstić information content (AvgIpc) is 2.55. The van der Waals surface area contributed by atoms with Crippen LogP contribution in [0.25, 0.3) is 6.08 Å². The van der Waals surface area contributed by atoms with Crippen LogP contribution in [-0.4, -0.2) is 44.1 Å². The number of methoxy groups -OCH3 is 1. The topological polar surface area (TPSA) is 55.8 Å². The van der Waals surface area contributed by atoms with Crippen LogP contribution >= 0.6 is 0 Å². The molecule has 1 aromatic carbocycles.